The van der Waals surface area contributed by atoms with Crippen LogP contribution in [0.4, 0.5) is 5.13 Å². The molecule has 1 saturated heterocycles. The largest absolute Gasteiger partial charge is 0.301 e. The molecule has 1 aromatic heterocycles. The molecule has 1 aliphatic rings. The lowest BCUT2D eigenvalue weighted by molar-refractivity contribution is -0.113. The molecule has 6 heteroatoms. The summed E-state index contributed by atoms with van der Waals surface area (Å²) in [7, 11) is 0. The van der Waals surface area contributed by atoms with Gasteiger partial charge in [-0.1, -0.05) is 36.8 Å². The van der Waals surface area contributed by atoms with Gasteiger partial charge >= 0.3 is 0 Å². The number of aromatic nitrogens is 1. The number of hydrogen-bond acceptors (Lipinski definition) is 5. The van der Waals surface area contributed by atoms with E-state index in [0.717, 1.165) is 37.0 Å². The number of likely N-dealkylation sites (tertiary alicyclic amines) is 1. The molecule has 1 unspecified atom stereocenters. The minimum absolute atomic E-state index is 0.0228. The van der Waals surface area contributed by atoms with Crippen molar-refractivity contribution in [2.45, 2.75) is 39.0 Å². The second kappa shape index (κ2) is 9.53. The van der Waals surface area contributed by atoms with Crippen LogP contribution in [-0.2, 0) is 17.1 Å². The summed E-state index contributed by atoms with van der Waals surface area (Å²) in [5.74, 6) is 2.10. The lowest BCUT2D eigenvalue weighted by Crippen LogP contribution is -2.33. The average molecular weight is 390 g/mol. The van der Waals surface area contributed by atoms with Crippen LogP contribution in [0.3, 0.4) is 0 Å². The topological polar surface area (TPSA) is 45.2 Å². The zero-order chi connectivity index (χ0) is 18.4. The number of nitrogens with zero attached hydrogens (tertiary/aromatic N) is 2. The van der Waals surface area contributed by atoms with Crippen LogP contribution < -0.4 is 5.32 Å². The van der Waals surface area contributed by atoms with Crippen LogP contribution in [-0.4, -0.2) is 34.6 Å². The van der Waals surface area contributed by atoms with E-state index in [1.807, 2.05) is 0 Å². The van der Waals surface area contributed by atoms with Crippen LogP contribution in [0.25, 0.3) is 0 Å². The normalized spacial score (nSPS) is 18.0. The van der Waals surface area contributed by atoms with Crippen molar-refractivity contribution in [3.63, 3.8) is 0 Å². The van der Waals surface area contributed by atoms with E-state index in [4.69, 9.17) is 0 Å². The number of piperidine rings is 1. The third kappa shape index (κ3) is 6.11. The number of rotatable bonds is 7. The standard InChI is InChI=1S/C20H27N3OS2/c1-15-5-7-17(8-6-15)12-25-14-19(24)22-20-21-18(13-26-20)11-23-9-3-4-16(2)10-23/h5-8,13,16H,3-4,9-12,14H2,1-2H3,(H,21,22,24). The van der Waals surface area contributed by atoms with Crippen molar-refractivity contribution in [3.8, 4) is 0 Å². The average Bonchev–Trinajstić information content (AvgIpc) is 3.03. The van der Waals surface area contributed by atoms with E-state index in [2.05, 4.69) is 58.7 Å². The smallest absolute Gasteiger partial charge is 0.236 e. The van der Waals surface area contributed by atoms with E-state index in [1.54, 1.807) is 11.8 Å². The minimum atomic E-state index is 0.0228. The molecule has 1 fully saturated rings. The summed E-state index contributed by atoms with van der Waals surface area (Å²) in [6, 6.07) is 8.45. The van der Waals surface area contributed by atoms with Crippen LogP contribution in [0.5, 0.6) is 0 Å². The van der Waals surface area contributed by atoms with Gasteiger partial charge in [0.05, 0.1) is 11.4 Å². The first-order valence-corrected chi connectivity index (χ1v) is 11.2. The van der Waals surface area contributed by atoms with Crippen LogP contribution >= 0.6 is 23.1 Å². The fraction of sp³-hybridized carbons (Fsp3) is 0.500. The summed E-state index contributed by atoms with van der Waals surface area (Å²) in [6.07, 6.45) is 2.60. The monoisotopic (exact) mass is 389 g/mol. The molecule has 0 saturated carbocycles. The zero-order valence-electron chi connectivity index (χ0n) is 15.5. The molecule has 2 aromatic rings. The Bertz CT molecular complexity index is 714. The predicted octanol–water partition coefficient (Wildman–Crippen LogP) is 4.56. The molecule has 1 atom stereocenters. The van der Waals surface area contributed by atoms with Crippen LogP contribution in [0.1, 0.15) is 36.6 Å². The molecule has 1 amide bonds. The molecular weight excluding hydrogens is 362 g/mol. The molecule has 0 spiro atoms. The zero-order valence-corrected chi connectivity index (χ0v) is 17.2. The molecule has 3 rings (SSSR count). The quantitative estimate of drug-likeness (QED) is 0.754. The molecule has 1 aromatic carbocycles. The molecule has 26 heavy (non-hydrogen) atoms. The molecule has 2 heterocycles. The number of carbonyl (C=O) groups excluding carboxylic acids is 1. The fourth-order valence-electron chi connectivity index (χ4n) is 3.20. The highest BCUT2D eigenvalue weighted by Crippen LogP contribution is 2.21. The van der Waals surface area contributed by atoms with Gasteiger partial charge in [0, 0.05) is 24.2 Å². The number of hydrogen-bond donors (Lipinski definition) is 1. The maximum atomic E-state index is 12.1. The van der Waals surface area contributed by atoms with Crippen molar-refractivity contribution in [3.05, 3.63) is 46.5 Å². The Kier molecular flexibility index (Phi) is 7.11. The highest BCUT2D eigenvalue weighted by molar-refractivity contribution is 7.99. The van der Waals surface area contributed by atoms with E-state index in [9.17, 15) is 4.79 Å². The molecule has 0 aliphatic carbocycles. The maximum Gasteiger partial charge on any atom is 0.236 e. The van der Waals surface area contributed by atoms with Crippen molar-refractivity contribution in [2.75, 3.05) is 24.2 Å². The Labute approximate surface area is 164 Å². The van der Waals surface area contributed by atoms with Crippen LogP contribution in [0.2, 0.25) is 0 Å². The van der Waals surface area contributed by atoms with E-state index >= 15 is 0 Å². The fourth-order valence-corrected chi connectivity index (χ4v) is 4.70. The van der Waals surface area contributed by atoms with E-state index in [1.165, 1.54) is 35.3 Å². The van der Waals surface area contributed by atoms with Crippen molar-refractivity contribution in [1.29, 1.82) is 0 Å². The van der Waals surface area contributed by atoms with Gasteiger partial charge < -0.3 is 5.32 Å². The summed E-state index contributed by atoms with van der Waals surface area (Å²) in [5, 5.41) is 5.71. The SMILES string of the molecule is Cc1ccc(CSCC(=O)Nc2nc(CN3CCCC(C)C3)cs2)cc1. The number of benzene rings is 1. The third-order valence-corrected chi connectivity index (χ3v) is 6.36. The summed E-state index contributed by atoms with van der Waals surface area (Å²) < 4.78 is 0. The van der Waals surface area contributed by atoms with Crippen LogP contribution in [0, 0.1) is 12.8 Å². The highest BCUT2D eigenvalue weighted by atomic mass is 32.2. The first-order chi connectivity index (χ1) is 12.6. The number of thiazole rings is 1. The number of anilines is 1. The molecule has 1 aliphatic heterocycles. The Morgan fingerprint density at radius 1 is 1.38 bits per heavy atom. The number of amides is 1. The molecular formula is C20H27N3OS2. The Balaban J connectivity index is 1.40. The number of aryl methyl sites for hydroxylation is 1. The van der Waals surface area contributed by atoms with Gasteiger partial charge in [-0.15, -0.1) is 23.1 Å². The lowest BCUT2D eigenvalue weighted by atomic mass is 10.0. The Morgan fingerprint density at radius 2 is 2.19 bits per heavy atom. The first-order valence-electron chi connectivity index (χ1n) is 9.18. The van der Waals surface area contributed by atoms with Crippen molar-refractivity contribution in [2.24, 2.45) is 5.92 Å². The number of thioether (sulfide) groups is 1. The van der Waals surface area contributed by atoms with Gasteiger partial charge in [-0.3, -0.25) is 9.69 Å². The summed E-state index contributed by atoms with van der Waals surface area (Å²) >= 11 is 3.15. The first kappa shape index (κ1) is 19.4. The Morgan fingerprint density at radius 3 is 2.96 bits per heavy atom. The molecule has 0 radical (unpaired) electrons. The van der Waals surface area contributed by atoms with Crippen molar-refractivity contribution in [1.82, 2.24) is 9.88 Å². The van der Waals surface area contributed by atoms with E-state index in [-0.39, 0.29) is 5.91 Å². The molecule has 0 bridgehead atoms. The van der Waals surface area contributed by atoms with Gasteiger partial charge in [-0.2, -0.15) is 0 Å². The van der Waals surface area contributed by atoms with E-state index in [0.29, 0.717) is 10.9 Å². The van der Waals surface area contributed by atoms with Gasteiger partial charge in [-0.25, -0.2) is 4.98 Å². The second-order valence-electron chi connectivity index (χ2n) is 7.15. The Hall–Kier alpha value is -1.37. The molecule has 140 valence electrons. The predicted molar refractivity (Wildman–Crippen MR) is 112 cm³/mol. The third-order valence-electron chi connectivity index (χ3n) is 4.55. The van der Waals surface area contributed by atoms with Gasteiger partial charge in [-0.05, 0) is 37.8 Å². The van der Waals surface area contributed by atoms with Gasteiger partial charge in [0.15, 0.2) is 5.13 Å². The maximum absolute atomic E-state index is 12.1. The van der Waals surface area contributed by atoms with Crippen molar-refractivity contribution >= 4 is 34.1 Å². The molecule has 1 N–H and O–H groups in total. The lowest BCUT2D eigenvalue weighted by Gasteiger charge is -2.30. The van der Waals surface area contributed by atoms with Crippen LogP contribution in [0.15, 0.2) is 29.6 Å². The van der Waals surface area contributed by atoms with Gasteiger partial charge in [0.1, 0.15) is 0 Å². The van der Waals surface area contributed by atoms with Gasteiger partial charge in [0.2, 0.25) is 5.91 Å². The molecule has 4 nitrogen and oxygen atoms in total. The van der Waals surface area contributed by atoms with Crippen molar-refractivity contribution < 1.29 is 4.79 Å². The summed E-state index contributed by atoms with van der Waals surface area (Å²) in [4.78, 5) is 19.2. The number of carbonyl (C=O) groups is 1. The highest BCUT2D eigenvalue weighted by Gasteiger charge is 2.17. The van der Waals surface area contributed by atoms with E-state index < -0.39 is 0 Å². The minimum Gasteiger partial charge on any atom is -0.301 e. The summed E-state index contributed by atoms with van der Waals surface area (Å²) in [5.41, 5.74) is 3.57. The van der Waals surface area contributed by atoms with Gasteiger partial charge in [0.25, 0.3) is 0 Å². The number of nitrogens with one attached hydrogen (secondary N) is 1. The second-order valence-corrected chi connectivity index (χ2v) is 9.00. The summed E-state index contributed by atoms with van der Waals surface area (Å²) in [6.45, 7) is 7.58.